The highest BCUT2D eigenvalue weighted by molar-refractivity contribution is 7.94. The minimum absolute atomic E-state index is 0.288. The Hall–Kier alpha value is -2.38. The summed E-state index contributed by atoms with van der Waals surface area (Å²) in [5, 5.41) is 1.73. The summed E-state index contributed by atoms with van der Waals surface area (Å²) in [6.45, 7) is 3.63. The Morgan fingerprint density at radius 3 is 2.48 bits per heavy atom. The fourth-order valence-corrected chi connectivity index (χ4v) is 4.45. The number of nitrogens with zero attached hydrogens (tertiary/aromatic N) is 2. The van der Waals surface area contributed by atoms with E-state index in [9.17, 15) is 8.42 Å². The molecule has 0 aliphatic carbocycles. The van der Waals surface area contributed by atoms with Crippen LogP contribution in [0.2, 0.25) is 0 Å². The second-order valence-corrected chi connectivity index (χ2v) is 8.30. The first-order valence-corrected chi connectivity index (χ1v) is 10.3. The maximum Gasteiger partial charge on any atom is 0.271 e. The second kappa shape index (κ2) is 7.67. The molecule has 25 heavy (non-hydrogen) atoms. The van der Waals surface area contributed by atoms with Gasteiger partial charge in [0.1, 0.15) is 10.0 Å². The predicted octanol–water partition coefficient (Wildman–Crippen LogP) is 3.97. The van der Waals surface area contributed by atoms with Crippen molar-refractivity contribution in [1.29, 1.82) is 0 Å². The monoisotopic (exact) mass is 373 g/mol. The Balaban J connectivity index is 1.73. The Morgan fingerprint density at radius 1 is 1.08 bits per heavy atom. The number of pyridine rings is 1. The van der Waals surface area contributed by atoms with Crippen molar-refractivity contribution in [1.82, 2.24) is 4.98 Å². The number of sulfonamides is 1. The number of nitrogens with one attached hydrogen (secondary N) is 1. The number of benzene rings is 1. The molecule has 0 saturated carbocycles. The van der Waals surface area contributed by atoms with Crippen LogP contribution in [0.25, 0.3) is 0 Å². The highest BCUT2D eigenvalue weighted by Gasteiger charge is 2.15. The standard InChI is InChI=1S/C18H19N3O2S2/c1-2-21(14-15-7-4-3-5-8-15)17-11-10-16(13-19-17)20-25(22,23)18-9-6-12-24-18/h3-13,20H,2,14H2,1H3. The molecule has 2 aromatic heterocycles. The van der Waals surface area contributed by atoms with Gasteiger partial charge >= 0.3 is 0 Å². The third-order valence-corrected chi connectivity index (χ3v) is 6.46. The van der Waals surface area contributed by atoms with Crippen LogP contribution in [0, 0.1) is 0 Å². The van der Waals surface area contributed by atoms with Crippen molar-refractivity contribution in [3.8, 4) is 0 Å². The van der Waals surface area contributed by atoms with Crippen LogP contribution < -0.4 is 9.62 Å². The number of anilines is 2. The van der Waals surface area contributed by atoms with E-state index in [1.165, 1.54) is 16.9 Å². The van der Waals surface area contributed by atoms with E-state index in [0.717, 1.165) is 18.9 Å². The topological polar surface area (TPSA) is 62.3 Å². The zero-order chi connectivity index (χ0) is 17.7. The molecule has 0 aliphatic heterocycles. The molecule has 0 radical (unpaired) electrons. The summed E-state index contributed by atoms with van der Waals surface area (Å²) in [6.07, 6.45) is 1.55. The van der Waals surface area contributed by atoms with Crippen LogP contribution in [0.15, 0.2) is 70.4 Å². The Labute approximate surface area is 152 Å². The van der Waals surface area contributed by atoms with Crippen molar-refractivity contribution in [2.24, 2.45) is 0 Å². The Bertz CT molecular complexity index is 893. The van der Waals surface area contributed by atoms with Gasteiger partial charge in [-0.1, -0.05) is 36.4 Å². The lowest BCUT2D eigenvalue weighted by Gasteiger charge is -2.22. The van der Waals surface area contributed by atoms with E-state index in [4.69, 9.17) is 0 Å². The number of hydrogen-bond acceptors (Lipinski definition) is 5. The summed E-state index contributed by atoms with van der Waals surface area (Å²) in [5.41, 5.74) is 1.65. The highest BCUT2D eigenvalue weighted by atomic mass is 32.2. The third-order valence-electron chi connectivity index (χ3n) is 3.68. The smallest absolute Gasteiger partial charge is 0.271 e. The molecule has 0 aliphatic rings. The first-order valence-electron chi connectivity index (χ1n) is 7.90. The van der Waals surface area contributed by atoms with E-state index < -0.39 is 10.0 Å². The van der Waals surface area contributed by atoms with Gasteiger partial charge in [0.2, 0.25) is 0 Å². The van der Waals surface area contributed by atoms with Crippen LogP contribution in [0.1, 0.15) is 12.5 Å². The van der Waals surface area contributed by atoms with Crippen molar-refractivity contribution in [2.75, 3.05) is 16.2 Å². The second-order valence-electron chi connectivity index (χ2n) is 5.44. The van der Waals surface area contributed by atoms with E-state index in [1.807, 2.05) is 24.3 Å². The molecule has 1 aromatic carbocycles. The zero-order valence-electron chi connectivity index (χ0n) is 13.8. The van der Waals surface area contributed by atoms with Crippen molar-refractivity contribution in [3.05, 3.63) is 71.7 Å². The van der Waals surface area contributed by atoms with Gasteiger partial charge in [-0.2, -0.15) is 0 Å². The molecule has 7 heteroatoms. The summed E-state index contributed by atoms with van der Waals surface area (Å²) < 4.78 is 27.3. The van der Waals surface area contributed by atoms with Crippen LogP contribution in [-0.4, -0.2) is 19.9 Å². The van der Waals surface area contributed by atoms with Gasteiger partial charge in [-0.05, 0) is 36.1 Å². The lowest BCUT2D eigenvalue weighted by Crippen LogP contribution is -2.23. The van der Waals surface area contributed by atoms with Gasteiger partial charge in [-0.25, -0.2) is 13.4 Å². The van der Waals surface area contributed by atoms with Crippen molar-refractivity contribution < 1.29 is 8.42 Å². The maximum atomic E-state index is 12.2. The van der Waals surface area contributed by atoms with Crippen molar-refractivity contribution >= 4 is 32.9 Å². The average molecular weight is 374 g/mol. The molecule has 5 nitrogen and oxygen atoms in total. The number of thiophene rings is 1. The van der Waals surface area contributed by atoms with Gasteiger partial charge in [0, 0.05) is 13.1 Å². The molecule has 3 rings (SSSR count). The minimum Gasteiger partial charge on any atom is -0.353 e. The van der Waals surface area contributed by atoms with E-state index >= 15 is 0 Å². The maximum absolute atomic E-state index is 12.2. The Kier molecular flexibility index (Phi) is 5.35. The van der Waals surface area contributed by atoms with Crippen LogP contribution in [0.4, 0.5) is 11.5 Å². The summed E-state index contributed by atoms with van der Waals surface area (Å²) >= 11 is 1.18. The highest BCUT2D eigenvalue weighted by Crippen LogP contribution is 2.21. The molecule has 0 spiro atoms. The molecule has 2 heterocycles. The first-order chi connectivity index (χ1) is 12.1. The van der Waals surface area contributed by atoms with Gasteiger partial charge in [0.15, 0.2) is 0 Å². The lowest BCUT2D eigenvalue weighted by molar-refractivity contribution is 0.603. The molecule has 1 N–H and O–H groups in total. The molecular weight excluding hydrogens is 354 g/mol. The SMILES string of the molecule is CCN(Cc1ccccc1)c1ccc(NS(=O)(=O)c2cccs2)cn1. The van der Waals surface area contributed by atoms with Gasteiger partial charge in [0.05, 0.1) is 11.9 Å². The van der Waals surface area contributed by atoms with Crippen LogP contribution in [-0.2, 0) is 16.6 Å². The third kappa shape index (κ3) is 4.37. The predicted molar refractivity (Wildman–Crippen MR) is 103 cm³/mol. The average Bonchev–Trinajstić information content (AvgIpc) is 3.17. The summed E-state index contributed by atoms with van der Waals surface area (Å²) in [7, 11) is -3.54. The fourth-order valence-electron chi connectivity index (χ4n) is 2.41. The van der Waals surface area contributed by atoms with E-state index in [2.05, 4.69) is 33.7 Å². The minimum atomic E-state index is -3.54. The number of rotatable bonds is 7. The largest absolute Gasteiger partial charge is 0.353 e. The first kappa shape index (κ1) is 17.4. The molecule has 0 bridgehead atoms. The number of hydrogen-bond donors (Lipinski definition) is 1. The van der Waals surface area contributed by atoms with Crippen LogP contribution >= 0.6 is 11.3 Å². The zero-order valence-corrected chi connectivity index (χ0v) is 15.4. The fraction of sp³-hybridized carbons (Fsp3) is 0.167. The van der Waals surface area contributed by atoms with E-state index in [1.54, 1.807) is 29.8 Å². The number of aromatic nitrogens is 1. The molecule has 0 amide bonds. The van der Waals surface area contributed by atoms with Crippen molar-refractivity contribution in [2.45, 2.75) is 17.7 Å². The van der Waals surface area contributed by atoms with E-state index in [-0.39, 0.29) is 4.21 Å². The summed E-state index contributed by atoms with van der Waals surface area (Å²) in [4.78, 5) is 6.55. The molecule has 0 unspecified atom stereocenters. The van der Waals surface area contributed by atoms with Gasteiger partial charge in [0.25, 0.3) is 10.0 Å². The van der Waals surface area contributed by atoms with E-state index in [0.29, 0.717) is 5.69 Å². The molecule has 130 valence electrons. The van der Waals surface area contributed by atoms with Crippen LogP contribution in [0.3, 0.4) is 0 Å². The quantitative estimate of drug-likeness (QED) is 0.681. The molecule has 0 saturated heterocycles. The van der Waals surface area contributed by atoms with Gasteiger partial charge in [-0.3, -0.25) is 4.72 Å². The van der Waals surface area contributed by atoms with Gasteiger partial charge in [-0.15, -0.1) is 11.3 Å². The molecule has 0 atom stereocenters. The van der Waals surface area contributed by atoms with Gasteiger partial charge < -0.3 is 4.90 Å². The summed E-state index contributed by atoms with van der Waals surface area (Å²) in [6, 6.07) is 17.0. The van der Waals surface area contributed by atoms with Crippen molar-refractivity contribution in [3.63, 3.8) is 0 Å². The normalized spacial score (nSPS) is 11.2. The Morgan fingerprint density at radius 2 is 1.88 bits per heavy atom. The molecule has 0 fully saturated rings. The molecular formula is C18H19N3O2S2. The molecule has 3 aromatic rings. The summed E-state index contributed by atoms with van der Waals surface area (Å²) in [5.74, 6) is 0.811. The van der Waals surface area contributed by atoms with Crippen LogP contribution in [0.5, 0.6) is 0 Å². The lowest BCUT2D eigenvalue weighted by atomic mass is 10.2.